The smallest absolute Gasteiger partial charge is 0.164 e. The third kappa shape index (κ3) is 4.44. The fourth-order valence-electron chi connectivity index (χ4n) is 7.45. The highest BCUT2D eigenvalue weighted by molar-refractivity contribution is 6.16. The Hall–Kier alpha value is -7.18. The van der Waals surface area contributed by atoms with E-state index in [-0.39, 0.29) is 0 Å². The minimum Gasteiger partial charge on any atom is -0.456 e. The first-order valence-electron chi connectivity index (χ1n) is 17.2. The van der Waals surface area contributed by atoms with Gasteiger partial charge in [-0.15, -0.1) is 0 Å². The predicted molar refractivity (Wildman–Crippen MR) is 209 cm³/mol. The van der Waals surface area contributed by atoms with E-state index in [0.717, 1.165) is 87.9 Å². The van der Waals surface area contributed by atoms with Crippen LogP contribution in [0.1, 0.15) is 0 Å². The minimum absolute atomic E-state index is 0.528. The molecule has 0 amide bonds. The molecule has 6 nitrogen and oxygen atoms in total. The van der Waals surface area contributed by atoms with Crippen molar-refractivity contribution in [2.24, 2.45) is 0 Å². The van der Waals surface area contributed by atoms with Crippen molar-refractivity contribution in [2.45, 2.75) is 0 Å². The summed E-state index contributed by atoms with van der Waals surface area (Å²) in [6.07, 6.45) is 0. The Balaban J connectivity index is 1.24. The lowest BCUT2D eigenvalue weighted by Crippen LogP contribution is -2.01. The molecule has 0 fully saturated rings. The molecular weight excluding hydrogens is 641 g/mol. The van der Waals surface area contributed by atoms with Gasteiger partial charge in [-0.3, -0.25) is 0 Å². The van der Waals surface area contributed by atoms with Crippen LogP contribution >= 0.6 is 0 Å². The van der Waals surface area contributed by atoms with E-state index < -0.39 is 0 Å². The minimum atomic E-state index is 0.528. The number of aromatic nitrogens is 4. The molecule has 11 rings (SSSR count). The molecule has 0 aliphatic carbocycles. The summed E-state index contributed by atoms with van der Waals surface area (Å²) in [7, 11) is 0. The summed E-state index contributed by atoms with van der Waals surface area (Å²) in [6, 6.07) is 53.4. The molecule has 7 aromatic carbocycles. The van der Waals surface area contributed by atoms with E-state index in [9.17, 15) is 0 Å². The quantitative estimate of drug-likeness (QED) is 0.186. The summed E-state index contributed by atoms with van der Waals surface area (Å²) < 4.78 is 13.0. The first-order valence-corrected chi connectivity index (χ1v) is 17.2. The predicted octanol–water partition coefficient (Wildman–Crippen LogP) is 12.0. The van der Waals surface area contributed by atoms with Gasteiger partial charge in [0.15, 0.2) is 23.1 Å². The van der Waals surface area contributed by atoms with Crippen LogP contribution in [0.15, 0.2) is 167 Å². The topological polar surface area (TPSA) is 77.8 Å². The summed E-state index contributed by atoms with van der Waals surface area (Å²) >= 11 is 0. The van der Waals surface area contributed by atoms with Crippen LogP contribution in [-0.4, -0.2) is 19.9 Å². The van der Waals surface area contributed by atoms with Crippen molar-refractivity contribution in [3.63, 3.8) is 0 Å². The molecule has 6 heteroatoms. The number of rotatable bonds is 4. The highest BCUT2D eigenvalue weighted by Gasteiger charge is 2.23. The van der Waals surface area contributed by atoms with Crippen molar-refractivity contribution >= 4 is 65.7 Å². The van der Waals surface area contributed by atoms with Gasteiger partial charge in [-0.25, -0.2) is 19.9 Å². The second-order valence-electron chi connectivity index (χ2n) is 13.0. The maximum Gasteiger partial charge on any atom is 0.164 e. The molecule has 11 aromatic rings. The van der Waals surface area contributed by atoms with Crippen molar-refractivity contribution in [2.75, 3.05) is 0 Å². The van der Waals surface area contributed by atoms with Crippen LogP contribution in [0.3, 0.4) is 0 Å². The zero-order valence-corrected chi connectivity index (χ0v) is 27.6. The summed E-state index contributed by atoms with van der Waals surface area (Å²) in [5.41, 5.74) is 9.28. The fraction of sp³-hybridized carbons (Fsp3) is 0. The van der Waals surface area contributed by atoms with E-state index in [2.05, 4.69) is 78.9 Å². The van der Waals surface area contributed by atoms with Crippen LogP contribution in [0.25, 0.3) is 111 Å². The van der Waals surface area contributed by atoms with Gasteiger partial charge in [0.25, 0.3) is 0 Å². The van der Waals surface area contributed by atoms with Gasteiger partial charge in [0.1, 0.15) is 22.3 Å². The molecule has 242 valence electrons. The zero-order chi connectivity index (χ0) is 34.2. The Kier molecular flexibility index (Phi) is 6.15. The van der Waals surface area contributed by atoms with Gasteiger partial charge in [-0.05, 0) is 58.8 Å². The van der Waals surface area contributed by atoms with Gasteiger partial charge in [0.2, 0.25) is 0 Å². The molecule has 0 saturated carbocycles. The van der Waals surface area contributed by atoms with Gasteiger partial charge in [-0.1, -0.05) is 115 Å². The third-order valence-corrected chi connectivity index (χ3v) is 9.91. The maximum absolute atomic E-state index is 6.74. The summed E-state index contributed by atoms with van der Waals surface area (Å²) in [6.45, 7) is 0. The van der Waals surface area contributed by atoms with Gasteiger partial charge in [0.05, 0.1) is 10.9 Å². The molecule has 0 bridgehead atoms. The fourth-order valence-corrected chi connectivity index (χ4v) is 7.45. The molecule has 0 unspecified atom stereocenters. The zero-order valence-electron chi connectivity index (χ0n) is 27.6. The highest BCUT2D eigenvalue weighted by Crippen LogP contribution is 2.42. The van der Waals surface area contributed by atoms with E-state index in [1.54, 1.807) is 0 Å². The van der Waals surface area contributed by atoms with Crippen LogP contribution in [0.5, 0.6) is 0 Å². The summed E-state index contributed by atoms with van der Waals surface area (Å²) in [4.78, 5) is 20.8. The number of hydrogen-bond acceptors (Lipinski definition) is 6. The van der Waals surface area contributed by atoms with Crippen molar-refractivity contribution in [1.29, 1.82) is 0 Å². The third-order valence-electron chi connectivity index (χ3n) is 9.91. The molecule has 0 radical (unpaired) electrons. The Morgan fingerprint density at radius 3 is 1.94 bits per heavy atom. The molecule has 4 aromatic heterocycles. The van der Waals surface area contributed by atoms with Gasteiger partial charge < -0.3 is 8.83 Å². The monoisotopic (exact) mass is 666 g/mol. The van der Waals surface area contributed by atoms with Crippen LogP contribution in [0, 0.1) is 0 Å². The van der Waals surface area contributed by atoms with Crippen LogP contribution < -0.4 is 0 Å². The molecule has 0 spiro atoms. The molecular formula is C46H26N4O2. The van der Waals surface area contributed by atoms with E-state index >= 15 is 0 Å². The summed E-state index contributed by atoms with van der Waals surface area (Å²) in [5.74, 6) is 1.65. The number of para-hydroxylation sites is 2. The molecule has 0 atom stereocenters. The summed E-state index contributed by atoms with van der Waals surface area (Å²) in [5, 5.41) is 6.10. The normalized spacial score (nSPS) is 11.8. The molecule has 0 N–H and O–H groups in total. The van der Waals surface area contributed by atoms with E-state index in [4.69, 9.17) is 28.8 Å². The average Bonchev–Trinajstić information content (AvgIpc) is 3.78. The number of nitrogens with zero attached hydrogens (tertiary/aromatic N) is 4. The Morgan fingerprint density at radius 2 is 1.06 bits per heavy atom. The lowest BCUT2D eigenvalue weighted by molar-refractivity contribution is 0.669. The average molecular weight is 667 g/mol. The van der Waals surface area contributed by atoms with Gasteiger partial charge >= 0.3 is 0 Å². The van der Waals surface area contributed by atoms with Gasteiger partial charge in [0, 0.05) is 38.4 Å². The van der Waals surface area contributed by atoms with E-state index in [1.807, 2.05) is 78.9 Å². The molecule has 0 aliphatic rings. The highest BCUT2D eigenvalue weighted by atomic mass is 16.3. The van der Waals surface area contributed by atoms with Crippen molar-refractivity contribution in [1.82, 2.24) is 19.9 Å². The van der Waals surface area contributed by atoms with Crippen LogP contribution in [0.4, 0.5) is 0 Å². The standard InChI is InChI=1S/C46H26N4O2/c1-2-12-28(13-3-1)32-23-24-35(41-42-39(52-43(32)41)26-30-15-6-8-18-36(30)47-42)46-49-44(31-22-21-27-11-4-5-14-29(27)25-31)48-45(50-46)34-17-10-20-38-40(34)33-16-7-9-19-37(33)51-38/h1-26H. The Bertz CT molecular complexity index is 3200. The number of furan rings is 2. The van der Waals surface area contributed by atoms with Crippen molar-refractivity contribution in [3.8, 4) is 45.3 Å². The Morgan fingerprint density at radius 1 is 0.365 bits per heavy atom. The second-order valence-corrected chi connectivity index (χ2v) is 13.0. The molecule has 0 aliphatic heterocycles. The van der Waals surface area contributed by atoms with Crippen LogP contribution in [-0.2, 0) is 0 Å². The van der Waals surface area contributed by atoms with Gasteiger partial charge in [-0.2, -0.15) is 0 Å². The number of benzene rings is 7. The number of pyridine rings is 1. The first kappa shape index (κ1) is 28.6. The van der Waals surface area contributed by atoms with Crippen molar-refractivity contribution < 1.29 is 8.83 Å². The second kappa shape index (κ2) is 11.2. The Labute approximate surface area is 296 Å². The lowest BCUT2D eigenvalue weighted by atomic mass is 9.99. The molecule has 52 heavy (non-hydrogen) atoms. The first-order chi connectivity index (χ1) is 25.7. The van der Waals surface area contributed by atoms with E-state index in [0.29, 0.717) is 23.1 Å². The van der Waals surface area contributed by atoms with Crippen molar-refractivity contribution in [3.05, 3.63) is 158 Å². The lowest BCUT2D eigenvalue weighted by Gasteiger charge is -2.11. The SMILES string of the molecule is c1ccc(-c2ccc(-c3nc(-c4ccc5ccccc5c4)nc(-c4cccc5oc6ccccc6c45)n3)c3c2oc2cc4ccccc4nc23)cc1. The molecule has 4 heterocycles. The number of hydrogen-bond donors (Lipinski definition) is 0. The van der Waals surface area contributed by atoms with Crippen LogP contribution in [0.2, 0.25) is 0 Å². The number of fused-ring (bicyclic) bond motifs is 8. The largest absolute Gasteiger partial charge is 0.456 e. The molecule has 0 saturated heterocycles. The maximum atomic E-state index is 6.74. The van der Waals surface area contributed by atoms with E-state index in [1.165, 1.54) is 0 Å².